The summed E-state index contributed by atoms with van der Waals surface area (Å²) in [6.45, 7) is 0. The maximum atomic E-state index is 12.8. The molecule has 1 aliphatic rings. The number of nitrogens with zero attached hydrogens (tertiary/aromatic N) is 1. The van der Waals surface area contributed by atoms with Gasteiger partial charge in [0.1, 0.15) is 21.9 Å². The Labute approximate surface area is 165 Å². The number of hydrogen-bond acceptors (Lipinski definition) is 7. The summed E-state index contributed by atoms with van der Waals surface area (Å²) in [5.41, 5.74) is 5.67. The second-order valence-corrected chi connectivity index (χ2v) is 7.19. The minimum atomic E-state index is -1.26. The van der Waals surface area contributed by atoms with Crippen molar-refractivity contribution in [2.24, 2.45) is 5.73 Å². The molecule has 0 radical (unpaired) electrons. The number of ether oxygens (including phenoxy) is 2. The van der Waals surface area contributed by atoms with Gasteiger partial charge in [0, 0.05) is 12.0 Å². The minimum Gasteiger partial charge on any atom is -0.497 e. The number of aliphatic carboxylic acids is 1. The highest BCUT2D eigenvalue weighted by molar-refractivity contribution is 8.26. The van der Waals surface area contributed by atoms with Crippen LogP contribution >= 0.6 is 24.0 Å². The van der Waals surface area contributed by atoms with Crippen LogP contribution in [0.15, 0.2) is 23.1 Å². The molecule has 10 heteroatoms. The van der Waals surface area contributed by atoms with Gasteiger partial charge >= 0.3 is 5.97 Å². The van der Waals surface area contributed by atoms with Gasteiger partial charge in [-0.15, -0.1) is 0 Å². The first kappa shape index (κ1) is 20.7. The molecule has 1 aromatic carbocycles. The molecule has 0 saturated carbocycles. The van der Waals surface area contributed by atoms with Crippen molar-refractivity contribution in [1.82, 2.24) is 4.90 Å². The van der Waals surface area contributed by atoms with E-state index in [0.29, 0.717) is 17.1 Å². The number of carbonyl (C=O) groups is 3. The highest BCUT2D eigenvalue weighted by Crippen LogP contribution is 2.37. The lowest BCUT2D eigenvalue weighted by Gasteiger charge is -2.22. The van der Waals surface area contributed by atoms with Crippen LogP contribution in [0.3, 0.4) is 0 Å². The Bertz CT molecular complexity index is 824. The van der Waals surface area contributed by atoms with Gasteiger partial charge < -0.3 is 20.3 Å². The predicted octanol–water partition coefficient (Wildman–Crippen LogP) is 1.62. The van der Waals surface area contributed by atoms with E-state index < -0.39 is 23.8 Å². The van der Waals surface area contributed by atoms with E-state index in [1.165, 1.54) is 14.2 Å². The lowest BCUT2D eigenvalue weighted by molar-refractivity contribution is -0.145. The van der Waals surface area contributed by atoms with E-state index >= 15 is 0 Å². The quantitative estimate of drug-likeness (QED) is 0.490. The molecular formula is C17H18N2O6S2. The van der Waals surface area contributed by atoms with Crippen LogP contribution in [0.1, 0.15) is 18.4 Å². The second kappa shape index (κ2) is 8.87. The van der Waals surface area contributed by atoms with Crippen molar-refractivity contribution in [3.05, 3.63) is 28.7 Å². The van der Waals surface area contributed by atoms with Gasteiger partial charge in [-0.2, -0.15) is 0 Å². The molecule has 8 nitrogen and oxygen atoms in total. The number of hydrogen-bond donors (Lipinski definition) is 2. The van der Waals surface area contributed by atoms with E-state index in [1.54, 1.807) is 24.3 Å². The molecule has 27 heavy (non-hydrogen) atoms. The standard InChI is InChI=1S/C17H18N2O6S2/c1-24-10-3-5-12(25-2)9(7-10)8-13-15(21)19(17(26)27-13)11(16(22)23)4-6-14(18)20/h3,5,7-8,11H,4,6H2,1-2H3,(H2,18,20)(H,22,23)/b13-8-. The Hall–Kier alpha value is -2.59. The van der Waals surface area contributed by atoms with Crippen LogP contribution in [0.25, 0.3) is 6.08 Å². The van der Waals surface area contributed by atoms with Crippen molar-refractivity contribution < 1.29 is 29.0 Å². The minimum absolute atomic E-state index is 0.102. The predicted molar refractivity (Wildman–Crippen MR) is 104 cm³/mol. The number of primary amides is 1. The maximum absolute atomic E-state index is 12.8. The summed E-state index contributed by atoms with van der Waals surface area (Å²) in [7, 11) is 3.01. The van der Waals surface area contributed by atoms with E-state index in [0.717, 1.165) is 16.7 Å². The summed E-state index contributed by atoms with van der Waals surface area (Å²) in [4.78, 5) is 36.6. The largest absolute Gasteiger partial charge is 0.497 e. The molecule has 2 amide bonds. The molecule has 1 saturated heterocycles. The molecule has 1 heterocycles. The van der Waals surface area contributed by atoms with Crippen molar-refractivity contribution in [2.75, 3.05) is 14.2 Å². The lowest BCUT2D eigenvalue weighted by atomic mass is 10.1. The first-order valence-corrected chi connectivity index (χ1v) is 9.01. The molecule has 3 N–H and O–H groups in total. The normalized spacial score (nSPS) is 16.5. The summed E-state index contributed by atoms with van der Waals surface area (Å²) in [5.74, 6) is -1.37. The lowest BCUT2D eigenvalue weighted by Crippen LogP contribution is -2.44. The third kappa shape index (κ3) is 4.77. The van der Waals surface area contributed by atoms with Crippen molar-refractivity contribution in [3.8, 4) is 11.5 Å². The molecule has 1 aliphatic heterocycles. The third-order valence-corrected chi connectivity index (χ3v) is 5.14. The number of thiocarbonyl (C=S) groups is 1. The highest BCUT2D eigenvalue weighted by atomic mass is 32.2. The van der Waals surface area contributed by atoms with E-state index in [1.807, 2.05) is 0 Å². The van der Waals surface area contributed by atoms with E-state index in [-0.39, 0.29) is 22.1 Å². The number of carboxylic acids is 1. The first-order valence-electron chi connectivity index (χ1n) is 7.78. The second-order valence-electron chi connectivity index (χ2n) is 5.52. The van der Waals surface area contributed by atoms with Crippen LogP contribution < -0.4 is 15.2 Å². The van der Waals surface area contributed by atoms with Crippen molar-refractivity contribution in [2.45, 2.75) is 18.9 Å². The van der Waals surface area contributed by atoms with Gasteiger partial charge in [0.15, 0.2) is 0 Å². The Balaban J connectivity index is 2.35. The molecule has 1 fully saturated rings. The number of methoxy groups -OCH3 is 2. The van der Waals surface area contributed by atoms with Gasteiger partial charge in [0.25, 0.3) is 5.91 Å². The zero-order valence-corrected chi connectivity index (χ0v) is 16.3. The summed E-state index contributed by atoms with van der Waals surface area (Å²) < 4.78 is 10.6. The van der Waals surface area contributed by atoms with Crippen LogP contribution in [0, 0.1) is 0 Å². The molecular weight excluding hydrogens is 392 g/mol. The highest BCUT2D eigenvalue weighted by Gasteiger charge is 2.40. The zero-order chi connectivity index (χ0) is 20.1. The summed E-state index contributed by atoms with van der Waals surface area (Å²) in [6.07, 6.45) is 1.28. The molecule has 1 aromatic rings. The maximum Gasteiger partial charge on any atom is 0.326 e. The summed E-state index contributed by atoms with van der Waals surface area (Å²) in [5, 5.41) is 9.44. The van der Waals surface area contributed by atoms with E-state index in [4.69, 9.17) is 27.4 Å². The van der Waals surface area contributed by atoms with Crippen LogP contribution in [0.4, 0.5) is 0 Å². The van der Waals surface area contributed by atoms with Crippen LogP contribution in [-0.4, -0.2) is 52.4 Å². The summed E-state index contributed by atoms with van der Waals surface area (Å²) >= 11 is 6.17. The Morgan fingerprint density at radius 3 is 2.63 bits per heavy atom. The van der Waals surface area contributed by atoms with Crippen molar-refractivity contribution in [1.29, 1.82) is 0 Å². The molecule has 0 aliphatic carbocycles. The van der Waals surface area contributed by atoms with Crippen LogP contribution in [0.5, 0.6) is 11.5 Å². The molecule has 1 atom stereocenters. The summed E-state index contributed by atoms with van der Waals surface area (Å²) in [6, 6.07) is 3.83. The average Bonchev–Trinajstić information content (AvgIpc) is 2.89. The Morgan fingerprint density at radius 2 is 2.07 bits per heavy atom. The van der Waals surface area contributed by atoms with Crippen LogP contribution in [0.2, 0.25) is 0 Å². The molecule has 1 unspecified atom stereocenters. The van der Waals surface area contributed by atoms with Crippen molar-refractivity contribution >= 4 is 52.2 Å². The van der Waals surface area contributed by atoms with Gasteiger partial charge in [-0.05, 0) is 30.7 Å². The zero-order valence-electron chi connectivity index (χ0n) is 14.6. The van der Waals surface area contributed by atoms with Gasteiger partial charge in [0.2, 0.25) is 5.91 Å². The molecule has 2 rings (SSSR count). The number of benzene rings is 1. The fraction of sp³-hybridized carbons (Fsp3) is 0.294. The van der Waals surface area contributed by atoms with Crippen molar-refractivity contribution in [3.63, 3.8) is 0 Å². The number of carbonyl (C=O) groups excluding carboxylic acids is 2. The van der Waals surface area contributed by atoms with Gasteiger partial charge in [-0.25, -0.2) is 4.79 Å². The monoisotopic (exact) mass is 410 g/mol. The Morgan fingerprint density at radius 1 is 1.37 bits per heavy atom. The van der Waals surface area contributed by atoms with E-state index in [2.05, 4.69) is 0 Å². The molecule has 144 valence electrons. The molecule has 0 spiro atoms. The van der Waals surface area contributed by atoms with Gasteiger partial charge in [-0.3, -0.25) is 14.5 Å². The molecule has 0 aromatic heterocycles. The average molecular weight is 410 g/mol. The number of amides is 2. The number of nitrogens with two attached hydrogens (primary N) is 1. The fourth-order valence-electron chi connectivity index (χ4n) is 2.48. The topological polar surface area (TPSA) is 119 Å². The van der Waals surface area contributed by atoms with Gasteiger partial charge in [-0.1, -0.05) is 24.0 Å². The van der Waals surface area contributed by atoms with Crippen LogP contribution in [-0.2, 0) is 14.4 Å². The van der Waals surface area contributed by atoms with Gasteiger partial charge in [0.05, 0.1) is 19.1 Å². The van der Waals surface area contributed by atoms with E-state index in [9.17, 15) is 19.5 Å². The Kier molecular flexibility index (Phi) is 6.81. The fourth-order valence-corrected chi connectivity index (χ4v) is 3.83. The smallest absolute Gasteiger partial charge is 0.326 e. The number of carboxylic acid groups (broad SMARTS) is 1. The SMILES string of the molecule is COc1ccc(OC)c(/C=C2\SC(=S)N(C(CCC(N)=O)C(=O)O)C2=O)c1. The molecule has 0 bridgehead atoms. The first-order chi connectivity index (χ1) is 12.8. The third-order valence-electron chi connectivity index (χ3n) is 3.81. The number of rotatable bonds is 8. The number of thioether (sulfide) groups is 1.